The Kier molecular flexibility index (Phi) is 5.34. The molecule has 1 aromatic heterocycles. The lowest BCUT2D eigenvalue weighted by atomic mass is 9.89. The summed E-state index contributed by atoms with van der Waals surface area (Å²) in [5.41, 5.74) is 1.99. The summed E-state index contributed by atoms with van der Waals surface area (Å²) < 4.78 is 1.56. The lowest BCUT2D eigenvalue weighted by Gasteiger charge is -2.33. The molecule has 1 aliphatic rings. The van der Waals surface area contributed by atoms with Crippen LogP contribution < -0.4 is 5.56 Å². The average molecular weight is 340 g/mol. The van der Waals surface area contributed by atoms with Gasteiger partial charge in [-0.25, -0.2) is 0 Å². The molecule has 1 fully saturated rings. The van der Waals surface area contributed by atoms with Crippen LogP contribution in [0.1, 0.15) is 29.9 Å². The largest absolute Gasteiger partial charge is 0.383 e. The van der Waals surface area contributed by atoms with Crippen molar-refractivity contribution in [1.29, 1.82) is 0 Å². The van der Waals surface area contributed by atoms with Gasteiger partial charge in [0.2, 0.25) is 0 Å². The Morgan fingerprint density at radius 1 is 1.20 bits per heavy atom. The fourth-order valence-electron chi connectivity index (χ4n) is 3.39. The van der Waals surface area contributed by atoms with Crippen LogP contribution in [0.3, 0.4) is 0 Å². The fraction of sp³-hybridized carbons (Fsp3) is 0.400. The van der Waals surface area contributed by atoms with E-state index >= 15 is 0 Å². The zero-order chi connectivity index (χ0) is 17.8. The molecule has 0 spiro atoms. The molecule has 1 atom stereocenters. The molecule has 1 aromatic carbocycles. The smallest absolute Gasteiger partial charge is 0.251 e. The van der Waals surface area contributed by atoms with E-state index in [0.29, 0.717) is 25.4 Å². The molecule has 1 N–H and O–H groups in total. The number of piperidine rings is 1. The summed E-state index contributed by atoms with van der Waals surface area (Å²) in [5.74, 6) is 0.0931. The summed E-state index contributed by atoms with van der Waals surface area (Å²) in [6.45, 7) is 1.23. The minimum absolute atomic E-state index is 0.00529. The first kappa shape index (κ1) is 17.4. The van der Waals surface area contributed by atoms with Crippen molar-refractivity contribution in [2.24, 2.45) is 7.05 Å². The number of aromatic nitrogens is 1. The van der Waals surface area contributed by atoms with Crippen molar-refractivity contribution in [2.75, 3.05) is 13.1 Å². The highest BCUT2D eigenvalue weighted by molar-refractivity contribution is 5.81. The molecule has 5 nitrogen and oxygen atoms in total. The summed E-state index contributed by atoms with van der Waals surface area (Å²) >= 11 is 0. The summed E-state index contributed by atoms with van der Waals surface area (Å²) in [7, 11) is 1.74. The third kappa shape index (κ3) is 4.17. The molecule has 0 unspecified atom stereocenters. The van der Waals surface area contributed by atoms with Gasteiger partial charge in [0.15, 0.2) is 0 Å². The number of carbonyl (C=O) groups excluding carboxylic acids is 1. The zero-order valence-electron chi connectivity index (χ0n) is 14.5. The number of benzene rings is 1. The molecule has 132 valence electrons. The Bertz CT molecular complexity index is 777. The number of carbonyl (C=O) groups is 1. The van der Waals surface area contributed by atoms with Crippen LogP contribution in [0.15, 0.2) is 53.5 Å². The number of aliphatic hydroxyl groups excluding tert-OH is 1. The average Bonchev–Trinajstić information content (AvgIpc) is 2.64. The maximum atomic E-state index is 12.5. The van der Waals surface area contributed by atoms with Gasteiger partial charge >= 0.3 is 0 Å². The second-order valence-electron chi connectivity index (χ2n) is 6.71. The van der Waals surface area contributed by atoms with E-state index in [-0.39, 0.29) is 11.5 Å². The molecule has 1 amide bonds. The van der Waals surface area contributed by atoms with Crippen molar-refractivity contribution in [3.63, 3.8) is 0 Å². The van der Waals surface area contributed by atoms with Crippen molar-refractivity contribution >= 4 is 5.91 Å². The van der Waals surface area contributed by atoms with Crippen LogP contribution in [0.5, 0.6) is 0 Å². The van der Waals surface area contributed by atoms with Crippen LogP contribution >= 0.6 is 0 Å². The molecular formula is C20H24N2O3. The van der Waals surface area contributed by atoms with E-state index in [1.807, 2.05) is 36.4 Å². The number of rotatable bonds is 4. The lowest BCUT2D eigenvalue weighted by Crippen LogP contribution is -2.44. The Morgan fingerprint density at radius 2 is 1.88 bits per heavy atom. The molecule has 0 aliphatic carbocycles. The maximum absolute atomic E-state index is 12.5. The van der Waals surface area contributed by atoms with E-state index in [2.05, 4.69) is 0 Å². The number of hydrogen-bond acceptors (Lipinski definition) is 3. The summed E-state index contributed by atoms with van der Waals surface area (Å²) in [6, 6.07) is 13.2. The number of pyridine rings is 1. The Labute approximate surface area is 147 Å². The van der Waals surface area contributed by atoms with Crippen LogP contribution in [0.25, 0.3) is 0 Å². The zero-order valence-corrected chi connectivity index (χ0v) is 14.5. The van der Waals surface area contributed by atoms with Gasteiger partial charge in [-0.3, -0.25) is 9.59 Å². The number of aryl methyl sites for hydroxylation is 1. The molecule has 1 saturated heterocycles. The highest BCUT2D eigenvalue weighted by Crippen LogP contribution is 2.27. The third-order valence-corrected chi connectivity index (χ3v) is 4.96. The molecule has 2 aromatic rings. The van der Waals surface area contributed by atoms with Gasteiger partial charge in [0, 0.05) is 38.8 Å². The first-order chi connectivity index (χ1) is 12.0. The van der Waals surface area contributed by atoms with Gasteiger partial charge in [-0.15, -0.1) is 0 Å². The van der Waals surface area contributed by atoms with Gasteiger partial charge in [0.05, 0.1) is 0 Å². The lowest BCUT2D eigenvalue weighted by molar-refractivity contribution is -0.141. The first-order valence-corrected chi connectivity index (χ1v) is 8.72. The number of hydrogen-bond donors (Lipinski definition) is 1. The van der Waals surface area contributed by atoms with E-state index in [4.69, 9.17) is 0 Å². The Morgan fingerprint density at radius 3 is 2.52 bits per heavy atom. The van der Waals surface area contributed by atoms with E-state index in [0.717, 1.165) is 24.0 Å². The standard InChI is InChI=1S/C20H24N2O3/c1-21-10-7-17(14-19(21)24)16-8-11-22(12-9-16)20(25)18(23)13-15-5-3-2-4-6-15/h2-7,10,14,16,18,23H,8-9,11-13H2,1H3/t18-/m0/s1. The molecule has 5 heteroatoms. The molecule has 1 aliphatic heterocycles. The normalized spacial score (nSPS) is 16.6. The predicted molar refractivity (Wildman–Crippen MR) is 96.4 cm³/mol. The number of amides is 1. The summed E-state index contributed by atoms with van der Waals surface area (Å²) in [6.07, 6.45) is 2.77. The van der Waals surface area contributed by atoms with Crippen molar-refractivity contribution in [1.82, 2.24) is 9.47 Å². The number of likely N-dealkylation sites (tertiary alicyclic amines) is 1. The summed E-state index contributed by atoms with van der Waals surface area (Å²) in [5, 5.41) is 10.2. The monoisotopic (exact) mass is 340 g/mol. The molecule has 0 saturated carbocycles. The van der Waals surface area contributed by atoms with Gasteiger partial charge in [-0.05, 0) is 36.0 Å². The quantitative estimate of drug-likeness (QED) is 0.921. The van der Waals surface area contributed by atoms with E-state index in [1.165, 1.54) is 0 Å². The van der Waals surface area contributed by atoms with Crippen LogP contribution in [-0.4, -0.2) is 39.7 Å². The van der Waals surface area contributed by atoms with E-state index in [9.17, 15) is 14.7 Å². The topological polar surface area (TPSA) is 62.5 Å². The molecular weight excluding hydrogens is 316 g/mol. The first-order valence-electron chi connectivity index (χ1n) is 8.72. The molecule has 25 heavy (non-hydrogen) atoms. The van der Waals surface area contributed by atoms with Crippen LogP contribution in [-0.2, 0) is 18.3 Å². The van der Waals surface area contributed by atoms with Crippen molar-refractivity contribution in [3.05, 3.63) is 70.1 Å². The minimum atomic E-state index is -0.997. The van der Waals surface area contributed by atoms with Crippen molar-refractivity contribution in [2.45, 2.75) is 31.3 Å². The second-order valence-corrected chi connectivity index (χ2v) is 6.71. The van der Waals surface area contributed by atoms with Gasteiger partial charge in [-0.2, -0.15) is 0 Å². The molecule has 2 heterocycles. The van der Waals surface area contributed by atoms with Crippen molar-refractivity contribution < 1.29 is 9.90 Å². The summed E-state index contributed by atoms with van der Waals surface area (Å²) in [4.78, 5) is 26.0. The van der Waals surface area contributed by atoms with Crippen LogP contribution in [0.2, 0.25) is 0 Å². The fourth-order valence-corrected chi connectivity index (χ4v) is 3.39. The van der Waals surface area contributed by atoms with Gasteiger partial charge in [-0.1, -0.05) is 30.3 Å². The van der Waals surface area contributed by atoms with Gasteiger partial charge < -0.3 is 14.6 Å². The Hall–Kier alpha value is -2.40. The van der Waals surface area contributed by atoms with Gasteiger partial charge in [0.1, 0.15) is 6.10 Å². The predicted octanol–water partition coefficient (Wildman–Crippen LogP) is 1.69. The number of nitrogens with zero attached hydrogens (tertiary/aromatic N) is 2. The highest BCUT2D eigenvalue weighted by atomic mass is 16.3. The highest BCUT2D eigenvalue weighted by Gasteiger charge is 2.27. The maximum Gasteiger partial charge on any atom is 0.251 e. The van der Waals surface area contributed by atoms with Crippen molar-refractivity contribution in [3.8, 4) is 0 Å². The Balaban J connectivity index is 1.57. The van der Waals surface area contributed by atoms with Gasteiger partial charge in [0.25, 0.3) is 11.5 Å². The van der Waals surface area contributed by atoms with Crippen LogP contribution in [0.4, 0.5) is 0 Å². The third-order valence-electron chi connectivity index (χ3n) is 4.96. The molecule has 0 radical (unpaired) electrons. The molecule has 3 rings (SSSR count). The van der Waals surface area contributed by atoms with E-state index in [1.54, 1.807) is 28.8 Å². The van der Waals surface area contributed by atoms with E-state index < -0.39 is 6.10 Å². The number of aliphatic hydroxyl groups is 1. The molecule has 0 bridgehead atoms. The SMILES string of the molecule is Cn1ccc(C2CCN(C(=O)[C@@H](O)Cc3ccccc3)CC2)cc1=O. The minimum Gasteiger partial charge on any atom is -0.383 e. The van der Waals surface area contributed by atoms with Crippen LogP contribution in [0, 0.1) is 0 Å². The second kappa shape index (κ2) is 7.66.